The van der Waals surface area contributed by atoms with Gasteiger partial charge in [-0.1, -0.05) is 18.2 Å². The Morgan fingerprint density at radius 3 is 3.05 bits per heavy atom. The van der Waals surface area contributed by atoms with E-state index in [1.165, 1.54) is 17.8 Å². The zero-order valence-corrected chi connectivity index (χ0v) is 11.3. The molecule has 19 heavy (non-hydrogen) atoms. The molecule has 3 heteroatoms. The van der Waals surface area contributed by atoms with E-state index in [-0.39, 0.29) is 6.04 Å². The van der Waals surface area contributed by atoms with E-state index in [2.05, 4.69) is 34.5 Å². The number of anilines is 1. The number of nitrogens with one attached hydrogen (secondary N) is 1. The van der Waals surface area contributed by atoms with Gasteiger partial charge < -0.3 is 15.3 Å². The fourth-order valence-corrected chi connectivity index (χ4v) is 4.26. The van der Waals surface area contributed by atoms with Gasteiger partial charge in [-0.25, -0.2) is 0 Å². The highest BCUT2D eigenvalue weighted by atomic mass is 16.3. The molecule has 2 N–H and O–H groups in total. The summed E-state index contributed by atoms with van der Waals surface area (Å²) in [7, 11) is 0. The average molecular weight is 258 g/mol. The lowest BCUT2D eigenvalue weighted by Crippen LogP contribution is -2.57. The van der Waals surface area contributed by atoms with Crippen LogP contribution < -0.4 is 5.32 Å². The summed E-state index contributed by atoms with van der Waals surface area (Å²) >= 11 is 0. The number of nitrogens with zero attached hydrogens (tertiary/aromatic N) is 1. The SMILES string of the molecule is OC1(C2CCc3ccccc3N2)CCN2CCC1C2. The molecule has 0 radical (unpaired) electrons. The van der Waals surface area contributed by atoms with Crippen LogP contribution in [0, 0.1) is 5.92 Å². The normalized spacial score (nSPS) is 40.6. The third-order valence-corrected chi connectivity index (χ3v) is 5.46. The fraction of sp³-hybridized carbons (Fsp3) is 0.625. The van der Waals surface area contributed by atoms with Gasteiger partial charge in [-0.15, -0.1) is 0 Å². The Kier molecular flexibility index (Phi) is 2.61. The smallest absolute Gasteiger partial charge is 0.0900 e. The summed E-state index contributed by atoms with van der Waals surface area (Å²) in [5, 5.41) is 14.8. The Morgan fingerprint density at radius 1 is 1.21 bits per heavy atom. The third kappa shape index (κ3) is 1.79. The minimum atomic E-state index is -0.499. The first-order valence-corrected chi connectivity index (χ1v) is 7.55. The zero-order valence-electron chi connectivity index (χ0n) is 11.3. The van der Waals surface area contributed by atoms with Crippen LogP contribution in [-0.4, -0.2) is 41.3 Å². The number of fused-ring (bicyclic) bond motifs is 3. The molecule has 0 saturated carbocycles. The molecule has 4 atom stereocenters. The molecule has 3 aliphatic rings. The van der Waals surface area contributed by atoms with E-state index in [9.17, 15) is 5.11 Å². The first-order chi connectivity index (χ1) is 9.25. The van der Waals surface area contributed by atoms with E-state index in [4.69, 9.17) is 0 Å². The third-order valence-electron chi connectivity index (χ3n) is 5.46. The molecule has 2 fully saturated rings. The topological polar surface area (TPSA) is 35.5 Å². The molecule has 0 aromatic heterocycles. The maximum absolute atomic E-state index is 11.2. The summed E-state index contributed by atoms with van der Waals surface area (Å²) in [5.74, 6) is 0.462. The molecule has 3 heterocycles. The first kappa shape index (κ1) is 11.7. The summed E-state index contributed by atoms with van der Waals surface area (Å²) in [6.45, 7) is 3.33. The number of piperidine rings is 1. The van der Waals surface area contributed by atoms with Gasteiger partial charge in [-0.2, -0.15) is 0 Å². The highest BCUT2D eigenvalue weighted by molar-refractivity contribution is 5.54. The zero-order chi connectivity index (χ0) is 12.9. The minimum absolute atomic E-state index is 0.229. The fourth-order valence-electron chi connectivity index (χ4n) is 4.26. The van der Waals surface area contributed by atoms with Crippen LogP contribution in [0.2, 0.25) is 0 Å². The van der Waals surface area contributed by atoms with Crippen LogP contribution in [0.25, 0.3) is 0 Å². The van der Waals surface area contributed by atoms with Crippen LogP contribution >= 0.6 is 0 Å². The van der Waals surface area contributed by atoms with Gasteiger partial charge in [0.15, 0.2) is 0 Å². The number of para-hydroxylation sites is 1. The van der Waals surface area contributed by atoms with E-state index in [1.807, 2.05) is 0 Å². The lowest BCUT2D eigenvalue weighted by atomic mass is 9.73. The standard InChI is InChI=1S/C16H22N2O/c19-16(8-10-18-9-7-13(16)11-18)15-6-5-12-3-1-2-4-14(12)17-15/h1-4,13,15,17,19H,5-11H2. The van der Waals surface area contributed by atoms with E-state index >= 15 is 0 Å². The lowest BCUT2D eigenvalue weighted by Gasteiger charge is -2.46. The second-order valence-corrected chi connectivity index (χ2v) is 6.42. The van der Waals surface area contributed by atoms with Gasteiger partial charge >= 0.3 is 0 Å². The average Bonchev–Trinajstić information content (AvgIpc) is 2.88. The molecule has 0 amide bonds. The van der Waals surface area contributed by atoms with Crippen molar-refractivity contribution in [2.75, 3.05) is 25.0 Å². The van der Waals surface area contributed by atoms with Gasteiger partial charge in [0, 0.05) is 24.7 Å². The maximum Gasteiger partial charge on any atom is 0.0900 e. The molecular formula is C16H22N2O. The molecule has 3 nitrogen and oxygen atoms in total. The molecule has 1 aromatic rings. The van der Waals surface area contributed by atoms with Crippen molar-refractivity contribution in [2.45, 2.75) is 37.3 Å². The second-order valence-electron chi connectivity index (χ2n) is 6.42. The van der Waals surface area contributed by atoms with Crippen LogP contribution in [0.4, 0.5) is 5.69 Å². The first-order valence-electron chi connectivity index (χ1n) is 7.55. The van der Waals surface area contributed by atoms with Crippen molar-refractivity contribution in [3.8, 4) is 0 Å². The van der Waals surface area contributed by atoms with E-state index in [1.54, 1.807) is 0 Å². The van der Waals surface area contributed by atoms with Gasteiger partial charge in [0.2, 0.25) is 0 Å². The Balaban J connectivity index is 1.60. The monoisotopic (exact) mass is 258 g/mol. The lowest BCUT2D eigenvalue weighted by molar-refractivity contribution is -0.0613. The van der Waals surface area contributed by atoms with Crippen molar-refractivity contribution in [2.24, 2.45) is 5.92 Å². The van der Waals surface area contributed by atoms with E-state index < -0.39 is 5.60 Å². The van der Waals surface area contributed by atoms with Crippen molar-refractivity contribution in [3.63, 3.8) is 0 Å². The Labute approximate surface area is 114 Å². The Hall–Kier alpha value is -1.06. The van der Waals surface area contributed by atoms with Gasteiger partial charge in [0.25, 0.3) is 0 Å². The number of hydrogen-bond acceptors (Lipinski definition) is 3. The van der Waals surface area contributed by atoms with Crippen molar-refractivity contribution < 1.29 is 5.11 Å². The molecule has 1 aromatic carbocycles. The molecule has 3 aliphatic heterocycles. The minimum Gasteiger partial charge on any atom is -0.387 e. The molecule has 0 spiro atoms. The van der Waals surface area contributed by atoms with E-state index in [0.29, 0.717) is 5.92 Å². The number of rotatable bonds is 1. The van der Waals surface area contributed by atoms with Gasteiger partial charge in [0.1, 0.15) is 0 Å². The summed E-state index contributed by atoms with van der Waals surface area (Å²) in [4.78, 5) is 2.50. The molecule has 102 valence electrons. The Bertz CT molecular complexity index is 489. The quantitative estimate of drug-likeness (QED) is 0.807. The number of benzene rings is 1. The predicted octanol–water partition coefficient (Wildman–Crippen LogP) is 1.87. The number of aryl methyl sites for hydroxylation is 1. The van der Waals surface area contributed by atoms with Crippen molar-refractivity contribution in [1.82, 2.24) is 4.90 Å². The second kappa shape index (κ2) is 4.22. The summed E-state index contributed by atoms with van der Waals surface area (Å²) in [5.41, 5.74) is 2.12. The highest BCUT2D eigenvalue weighted by Crippen LogP contribution is 2.41. The summed E-state index contributed by atoms with van der Waals surface area (Å²) in [6, 6.07) is 8.75. The predicted molar refractivity (Wildman–Crippen MR) is 76.3 cm³/mol. The van der Waals surface area contributed by atoms with Crippen LogP contribution in [0.1, 0.15) is 24.8 Å². The maximum atomic E-state index is 11.2. The highest BCUT2D eigenvalue weighted by Gasteiger charge is 2.50. The van der Waals surface area contributed by atoms with Crippen molar-refractivity contribution >= 4 is 5.69 Å². The van der Waals surface area contributed by atoms with Gasteiger partial charge in [0.05, 0.1) is 11.6 Å². The molecule has 0 aliphatic carbocycles. The number of aliphatic hydroxyl groups is 1. The van der Waals surface area contributed by atoms with E-state index in [0.717, 1.165) is 38.8 Å². The van der Waals surface area contributed by atoms with Gasteiger partial charge in [-0.05, 0) is 43.9 Å². The largest absolute Gasteiger partial charge is 0.387 e. The van der Waals surface area contributed by atoms with Crippen molar-refractivity contribution in [3.05, 3.63) is 29.8 Å². The Morgan fingerprint density at radius 2 is 2.11 bits per heavy atom. The molecular weight excluding hydrogens is 236 g/mol. The summed E-state index contributed by atoms with van der Waals surface area (Å²) in [6.07, 6.45) is 4.24. The molecule has 4 unspecified atom stereocenters. The van der Waals surface area contributed by atoms with Crippen molar-refractivity contribution in [1.29, 1.82) is 0 Å². The molecule has 2 saturated heterocycles. The van der Waals surface area contributed by atoms with Crippen LogP contribution in [0.15, 0.2) is 24.3 Å². The molecule has 4 rings (SSSR count). The van der Waals surface area contributed by atoms with Crippen LogP contribution in [0.5, 0.6) is 0 Å². The van der Waals surface area contributed by atoms with Crippen LogP contribution in [-0.2, 0) is 6.42 Å². The molecule has 2 bridgehead atoms. The summed E-state index contributed by atoms with van der Waals surface area (Å²) < 4.78 is 0. The van der Waals surface area contributed by atoms with Gasteiger partial charge in [-0.3, -0.25) is 0 Å². The number of hydrogen-bond donors (Lipinski definition) is 2. The van der Waals surface area contributed by atoms with Crippen LogP contribution in [0.3, 0.4) is 0 Å².